The van der Waals surface area contributed by atoms with Crippen LogP contribution in [-0.4, -0.2) is 32.2 Å². The molecule has 1 rings (SSSR count). The zero-order valence-electron chi connectivity index (χ0n) is 6.84. The summed E-state index contributed by atoms with van der Waals surface area (Å²) in [4.78, 5) is 17.2. The Morgan fingerprint density at radius 3 is 2.85 bits per heavy atom. The molecule has 0 aliphatic carbocycles. The summed E-state index contributed by atoms with van der Waals surface area (Å²) < 4.78 is 0. The van der Waals surface area contributed by atoms with Gasteiger partial charge in [-0.1, -0.05) is 0 Å². The van der Waals surface area contributed by atoms with Crippen LogP contribution in [0.1, 0.15) is 5.69 Å². The van der Waals surface area contributed by atoms with E-state index < -0.39 is 12.0 Å². The number of nitrogens with two attached hydrogens (primary N) is 2. The van der Waals surface area contributed by atoms with E-state index in [9.17, 15) is 4.79 Å². The molecule has 7 nitrogen and oxygen atoms in total. The summed E-state index contributed by atoms with van der Waals surface area (Å²) in [6.45, 7) is 0. The van der Waals surface area contributed by atoms with Crippen LogP contribution in [0, 0.1) is 0 Å². The average molecular weight is 185 g/mol. The van der Waals surface area contributed by atoms with Crippen molar-refractivity contribution >= 4 is 5.97 Å². The summed E-state index contributed by atoms with van der Waals surface area (Å²) >= 11 is 0. The summed E-state index contributed by atoms with van der Waals surface area (Å²) in [5.41, 5.74) is 0.605. The number of aromatic nitrogens is 2. The fourth-order valence-electron chi connectivity index (χ4n) is 0.921. The molecule has 0 saturated carbocycles. The second kappa shape index (κ2) is 3.99. The Balaban J connectivity index is 2.63. The molecule has 0 aromatic carbocycles. The van der Waals surface area contributed by atoms with Crippen molar-refractivity contribution < 1.29 is 9.90 Å². The number of rotatable bonds is 4. The van der Waals surface area contributed by atoms with Crippen LogP contribution >= 0.6 is 0 Å². The minimum absolute atomic E-state index is 0.172. The van der Waals surface area contributed by atoms with Crippen molar-refractivity contribution in [2.75, 3.05) is 0 Å². The fraction of sp³-hybridized carbons (Fsp3) is 0.333. The summed E-state index contributed by atoms with van der Waals surface area (Å²) in [5.74, 6) is 9.22. The largest absolute Gasteiger partial charge is 0.480 e. The molecule has 0 spiro atoms. The van der Waals surface area contributed by atoms with Gasteiger partial charge in [-0.05, 0) is 0 Å². The normalized spacial score (nSPS) is 13.2. The number of carboxylic acids is 1. The van der Waals surface area contributed by atoms with Gasteiger partial charge < -0.3 is 10.1 Å². The lowest BCUT2D eigenvalue weighted by Crippen LogP contribution is -2.51. The van der Waals surface area contributed by atoms with Gasteiger partial charge in [0.2, 0.25) is 0 Å². The molecule has 72 valence electrons. The van der Waals surface area contributed by atoms with Gasteiger partial charge in [0.05, 0.1) is 12.0 Å². The third kappa shape index (κ3) is 2.51. The van der Waals surface area contributed by atoms with Crippen molar-refractivity contribution in [1.82, 2.24) is 15.1 Å². The second-order valence-corrected chi connectivity index (χ2v) is 2.57. The molecule has 0 aliphatic rings. The number of aromatic amines is 1. The maximum absolute atomic E-state index is 10.6. The number of hydrogen-bond donors (Lipinski definition) is 4. The lowest BCUT2D eigenvalue weighted by atomic mass is 10.2. The van der Waals surface area contributed by atoms with E-state index in [1.807, 2.05) is 0 Å². The van der Waals surface area contributed by atoms with Crippen molar-refractivity contribution in [2.45, 2.75) is 12.5 Å². The molecule has 0 saturated heterocycles. The SMILES string of the molecule is NN(N)[C@@H](Cc1c[nH]cn1)C(=O)O. The van der Waals surface area contributed by atoms with Crippen molar-refractivity contribution in [3.05, 3.63) is 18.2 Å². The first-order valence-corrected chi connectivity index (χ1v) is 3.60. The third-order valence-electron chi connectivity index (χ3n) is 1.60. The van der Waals surface area contributed by atoms with E-state index >= 15 is 0 Å². The van der Waals surface area contributed by atoms with Gasteiger partial charge in [0.15, 0.2) is 0 Å². The highest BCUT2D eigenvalue weighted by atomic mass is 16.4. The van der Waals surface area contributed by atoms with E-state index in [0.29, 0.717) is 10.8 Å². The zero-order valence-corrected chi connectivity index (χ0v) is 6.84. The molecule has 1 atom stereocenters. The monoisotopic (exact) mass is 185 g/mol. The highest BCUT2D eigenvalue weighted by molar-refractivity contribution is 5.73. The molecule has 7 heteroatoms. The van der Waals surface area contributed by atoms with Gasteiger partial charge in [0.1, 0.15) is 6.04 Å². The summed E-state index contributed by atoms with van der Waals surface area (Å²) in [5, 5.41) is 9.37. The van der Waals surface area contributed by atoms with Gasteiger partial charge in [-0.25, -0.2) is 4.98 Å². The molecule has 1 aromatic rings. The molecule has 13 heavy (non-hydrogen) atoms. The Kier molecular flexibility index (Phi) is 2.96. The molecule has 0 radical (unpaired) electrons. The topological polar surface area (TPSA) is 121 Å². The lowest BCUT2D eigenvalue weighted by molar-refractivity contribution is -0.143. The highest BCUT2D eigenvalue weighted by Gasteiger charge is 2.22. The quantitative estimate of drug-likeness (QED) is 0.333. The van der Waals surface area contributed by atoms with Crippen LogP contribution < -0.4 is 11.7 Å². The highest BCUT2D eigenvalue weighted by Crippen LogP contribution is 2.00. The van der Waals surface area contributed by atoms with E-state index in [-0.39, 0.29) is 6.42 Å². The Morgan fingerprint density at radius 2 is 2.46 bits per heavy atom. The standard InChI is InChI=1S/C6H11N5O2/c7-11(8)5(6(12)13)1-4-2-9-3-10-4/h2-3,5H,1,7-8H2,(H,9,10)(H,12,13)/t5-/m0/s1. The number of carboxylic acid groups (broad SMARTS) is 1. The lowest BCUT2D eigenvalue weighted by Gasteiger charge is -2.17. The zero-order chi connectivity index (χ0) is 9.84. The Hall–Kier alpha value is -1.44. The number of carbonyl (C=O) groups is 1. The number of nitrogens with zero attached hydrogens (tertiary/aromatic N) is 2. The van der Waals surface area contributed by atoms with E-state index in [1.165, 1.54) is 6.33 Å². The first kappa shape index (κ1) is 9.65. The predicted molar refractivity (Wildman–Crippen MR) is 43.9 cm³/mol. The van der Waals surface area contributed by atoms with Crippen LogP contribution in [0.5, 0.6) is 0 Å². The molecule has 1 heterocycles. The summed E-state index contributed by atoms with van der Waals surface area (Å²) in [6.07, 6.45) is 3.23. The Morgan fingerprint density at radius 1 is 1.77 bits per heavy atom. The molecular formula is C6H11N5O2. The van der Waals surface area contributed by atoms with Crippen molar-refractivity contribution in [1.29, 1.82) is 0 Å². The van der Waals surface area contributed by atoms with Crippen LogP contribution in [0.25, 0.3) is 0 Å². The van der Waals surface area contributed by atoms with Crippen molar-refractivity contribution in [3.8, 4) is 0 Å². The van der Waals surface area contributed by atoms with E-state index in [4.69, 9.17) is 16.8 Å². The predicted octanol–water partition coefficient (Wildman–Crippen LogP) is -1.55. The van der Waals surface area contributed by atoms with E-state index in [0.717, 1.165) is 0 Å². The number of H-pyrrole nitrogens is 1. The van der Waals surface area contributed by atoms with Gasteiger partial charge >= 0.3 is 5.97 Å². The number of hydrogen-bond acceptors (Lipinski definition) is 5. The average Bonchev–Trinajstić information content (AvgIpc) is 2.50. The molecule has 0 fully saturated rings. The Bertz CT molecular complexity index is 271. The van der Waals surface area contributed by atoms with Gasteiger partial charge in [-0.3, -0.25) is 16.5 Å². The van der Waals surface area contributed by atoms with Gasteiger partial charge in [0, 0.05) is 12.6 Å². The number of aliphatic carboxylic acids is 1. The first-order chi connectivity index (χ1) is 6.11. The van der Waals surface area contributed by atoms with Crippen LogP contribution in [0.15, 0.2) is 12.5 Å². The maximum atomic E-state index is 10.6. The number of nitrogens with one attached hydrogen (secondary N) is 1. The van der Waals surface area contributed by atoms with Gasteiger partial charge in [0.25, 0.3) is 0 Å². The second-order valence-electron chi connectivity index (χ2n) is 2.57. The summed E-state index contributed by atoms with van der Waals surface area (Å²) in [6, 6.07) is -0.955. The van der Waals surface area contributed by atoms with Crippen LogP contribution in [0.4, 0.5) is 0 Å². The maximum Gasteiger partial charge on any atom is 0.324 e. The fourth-order valence-corrected chi connectivity index (χ4v) is 0.921. The minimum atomic E-state index is -1.08. The number of hydrazine groups is 2. The third-order valence-corrected chi connectivity index (χ3v) is 1.60. The first-order valence-electron chi connectivity index (χ1n) is 3.60. The molecule has 0 unspecified atom stereocenters. The molecule has 0 aliphatic heterocycles. The molecule has 0 bridgehead atoms. The smallest absolute Gasteiger partial charge is 0.324 e. The molecule has 0 amide bonds. The van der Waals surface area contributed by atoms with Gasteiger partial charge in [-0.2, -0.15) is 5.12 Å². The van der Waals surface area contributed by atoms with Gasteiger partial charge in [-0.15, -0.1) is 0 Å². The van der Waals surface area contributed by atoms with Crippen LogP contribution in [-0.2, 0) is 11.2 Å². The molecule has 1 aromatic heterocycles. The minimum Gasteiger partial charge on any atom is -0.480 e. The number of imidazole rings is 1. The van der Waals surface area contributed by atoms with Crippen LogP contribution in [0.2, 0.25) is 0 Å². The molecule has 6 N–H and O–H groups in total. The van der Waals surface area contributed by atoms with E-state index in [2.05, 4.69) is 9.97 Å². The Labute approximate surface area is 74.3 Å². The van der Waals surface area contributed by atoms with Crippen molar-refractivity contribution in [2.24, 2.45) is 11.7 Å². The summed E-state index contributed by atoms with van der Waals surface area (Å²) in [7, 11) is 0. The van der Waals surface area contributed by atoms with Crippen LogP contribution in [0.3, 0.4) is 0 Å². The molecular weight excluding hydrogens is 174 g/mol. The van der Waals surface area contributed by atoms with Crippen molar-refractivity contribution in [3.63, 3.8) is 0 Å². The van der Waals surface area contributed by atoms with E-state index in [1.54, 1.807) is 6.20 Å².